The largest absolute Gasteiger partial charge is 0.337 e. The van der Waals surface area contributed by atoms with Crippen LogP contribution in [0.2, 0.25) is 5.02 Å². The number of piperidine rings is 1. The third-order valence-electron chi connectivity index (χ3n) is 5.35. The topological polar surface area (TPSA) is 37.3 Å². The third kappa shape index (κ3) is 3.80. The molecule has 1 aromatic heterocycles. The number of nitrogens with one attached hydrogen (secondary N) is 1. The van der Waals surface area contributed by atoms with Crippen molar-refractivity contribution >= 4 is 28.4 Å². The van der Waals surface area contributed by atoms with Crippen molar-refractivity contribution in [1.82, 2.24) is 14.8 Å². The monoisotopic (exact) mass is 395 g/mol. The first kappa shape index (κ1) is 19.0. The van der Waals surface area contributed by atoms with Crippen molar-refractivity contribution in [3.8, 4) is 5.69 Å². The van der Waals surface area contributed by atoms with E-state index in [2.05, 4.69) is 19.2 Å². The van der Waals surface area contributed by atoms with Crippen molar-refractivity contribution in [3.05, 3.63) is 65.3 Å². The van der Waals surface area contributed by atoms with E-state index in [9.17, 15) is 4.79 Å². The Morgan fingerprint density at radius 1 is 1.07 bits per heavy atom. The summed E-state index contributed by atoms with van der Waals surface area (Å²) in [6, 6.07) is 18.7. The van der Waals surface area contributed by atoms with Crippen LogP contribution >= 0.6 is 11.6 Å². The minimum atomic E-state index is 0.0826. The molecule has 1 amide bonds. The molecule has 0 saturated carbocycles. The Morgan fingerprint density at radius 2 is 1.82 bits per heavy atom. The lowest BCUT2D eigenvalue weighted by atomic mass is 10.0. The molecule has 3 aromatic rings. The number of nitrogens with zero attached hydrogens (tertiary/aromatic N) is 2. The predicted octanol–water partition coefficient (Wildman–Crippen LogP) is 4.89. The molecule has 1 aliphatic rings. The molecular weight excluding hydrogens is 370 g/mol. The van der Waals surface area contributed by atoms with Gasteiger partial charge in [-0.25, -0.2) is 0 Å². The van der Waals surface area contributed by atoms with Gasteiger partial charge in [0.25, 0.3) is 5.91 Å². The average molecular weight is 396 g/mol. The minimum Gasteiger partial charge on any atom is -0.337 e. The van der Waals surface area contributed by atoms with Crippen molar-refractivity contribution in [3.63, 3.8) is 0 Å². The van der Waals surface area contributed by atoms with E-state index in [1.54, 1.807) is 0 Å². The van der Waals surface area contributed by atoms with Gasteiger partial charge in [0.1, 0.15) is 5.69 Å². The summed E-state index contributed by atoms with van der Waals surface area (Å²) in [6.45, 7) is 5.89. The van der Waals surface area contributed by atoms with Crippen LogP contribution in [-0.4, -0.2) is 40.5 Å². The molecule has 0 bridgehead atoms. The van der Waals surface area contributed by atoms with Gasteiger partial charge in [-0.2, -0.15) is 0 Å². The molecule has 0 atom stereocenters. The van der Waals surface area contributed by atoms with Gasteiger partial charge in [0.2, 0.25) is 0 Å². The lowest BCUT2D eigenvalue weighted by molar-refractivity contribution is 0.0695. The molecule has 5 heteroatoms. The molecule has 0 aliphatic carbocycles. The van der Waals surface area contributed by atoms with Gasteiger partial charge in [0.15, 0.2) is 0 Å². The van der Waals surface area contributed by atoms with Crippen LogP contribution in [0.3, 0.4) is 0 Å². The van der Waals surface area contributed by atoms with Gasteiger partial charge >= 0.3 is 0 Å². The average Bonchev–Trinajstić information content (AvgIpc) is 3.07. The van der Waals surface area contributed by atoms with Crippen molar-refractivity contribution < 1.29 is 4.79 Å². The summed E-state index contributed by atoms with van der Waals surface area (Å²) >= 11 is 6.24. The normalized spacial score (nSPS) is 15.5. The second-order valence-electron chi connectivity index (χ2n) is 7.79. The molecule has 4 rings (SSSR count). The number of amides is 1. The number of aromatic nitrogens is 1. The second-order valence-corrected chi connectivity index (χ2v) is 8.23. The van der Waals surface area contributed by atoms with Gasteiger partial charge in [-0.15, -0.1) is 0 Å². The summed E-state index contributed by atoms with van der Waals surface area (Å²) in [5.41, 5.74) is 2.62. The van der Waals surface area contributed by atoms with E-state index in [0.717, 1.165) is 42.5 Å². The van der Waals surface area contributed by atoms with E-state index in [1.165, 1.54) is 0 Å². The van der Waals surface area contributed by atoms with Gasteiger partial charge < -0.3 is 14.8 Å². The van der Waals surface area contributed by atoms with Crippen LogP contribution in [-0.2, 0) is 0 Å². The maximum absolute atomic E-state index is 13.4. The number of benzene rings is 2. The fourth-order valence-corrected chi connectivity index (χ4v) is 4.27. The van der Waals surface area contributed by atoms with Crippen LogP contribution < -0.4 is 5.32 Å². The molecule has 1 saturated heterocycles. The highest BCUT2D eigenvalue weighted by molar-refractivity contribution is 6.30. The van der Waals surface area contributed by atoms with Gasteiger partial charge in [-0.3, -0.25) is 4.79 Å². The molecule has 0 radical (unpaired) electrons. The number of rotatable bonds is 4. The molecule has 1 fully saturated rings. The van der Waals surface area contributed by atoms with Crippen LogP contribution in [0, 0.1) is 0 Å². The molecular formula is C23H26ClN3O. The first-order chi connectivity index (χ1) is 13.5. The fourth-order valence-electron chi connectivity index (χ4n) is 4.09. The highest BCUT2D eigenvalue weighted by Gasteiger charge is 2.26. The quantitative estimate of drug-likeness (QED) is 0.683. The summed E-state index contributed by atoms with van der Waals surface area (Å²) in [6.07, 6.45) is 1.97. The van der Waals surface area contributed by atoms with E-state index in [0.29, 0.717) is 22.8 Å². The van der Waals surface area contributed by atoms with E-state index < -0.39 is 0 Å². The maximum Gasteiger partial charge on any atom is 0.270 e. The first-order valence-electron chi connectivity index (χ1n) is 9.94. The number of carbonyl (C=O) groups excluding carboxylic acids is 1. The third-order valence-corrected chi connectivity index (χ3v) is 5.58. The van der Waals surface area contributed by atoms with Crippen LogP contribution in [0.5, 0.6) is 0 Å². The lowest BCUT2D eigenvalue weighted by Gasteiger charge is -2.33. The maximum atomic E-state index is 13.4. The Bertz CT molecular complexity index is 986. The summed E-state index contributed by atoms with van der Waals surface area (Å²) < 4.78 is 2.03. The number of halogens is 1. The molecule has 0 unspecified atom stereocenters. The molecule has 146 valence electrons. The van der Waals surface area contributed by atoms with Crippen molar-refractivity contribution in [2.24, 2.45) is 0 Å². The number of fused-ring (bicyclic) bond motifs is 1. The van der Waals surface area contributed by atoms with Crippen molar-refractivity contribution in [2.75, 3.05) is 13.1 Å². The Kier molecular flexibility index (Phi) is 5.42. The second kappa shape index (κ2) is 7.98. The van der Waals surface area contributed by atoms with Crippen LogP contribution in [0.1, 0.15) is 37.2 Å². The summed E-state index contributed by atoms with van der Waals surface area (Å²) in [7, 11) is 0. The van der Waals surface area contributed by atoms with E-state index in [1.807, 2.05) is 64.1 Å². The van der Waals surface area contributed by atoms with E-state index in [-0.39, 0.29) is 5.91 Å². The SMILES string of the molecule is CC(C)NC1CCN(C(=O)c2cc3ccccc3n2-c2cccc(Cl)c2)CC1. The first-order valence-corrected chi connectivity index (χ1v) is 10.3. The van der Waals surface area contributed by atoms with Crippen LogP contribution in [0.4, 0.5) is 0 Å². The van der Waals surface area contributed by atoms with Gasteiger partial charge in [0, 0.05) is 41.3 Å². The summed E-state index contributed by atoms with van der Waals surface area (Å²) in [5.74, 6) is 0.0826. The Balaban J connectivity index is 1.67. The number of likely N-dealkylation sites (tertiary alicyclic amines) is 1. The Labute approximate surface area is 171 Å². The van der Waals surface area contributed by atoms with E-state index >= 15 is 0 Å². The molecule has 4 nitrogen and oxygen atoms in total. The predicted molar refractivity (Wildman–Crippen MR) is 115 cm³/mol. The standard InChI is InChI=1S/C23H26ClN3O/c1-16(2)25-19-10-12-26(13-11-19)23(28)22-14-17-6-3-4-9-21(17)27(22)20-8-5-7-18(24)15-20/h3-9,14-16,19,25H,10-13H2,1-2H3. The smallest absolute Gasteiger partial charge is 0.270 e. The zero-order valence-electron chi connectivity index (χ0n) is 16.4. The van der Waals surface area contributed by atoms with Gasteiger partial charge in [0.05, 0.1) is 5.52 Å². The van der Waals surface area contributed by atoms with Gasteiger partial charge in [-0.1, -0.05) is 49.7 Å². The summed E-state index contributed by atoms with van der Waals surface area (Å²) in [4.78, 5) is 15.4. The lowest BCUT2D eigenvalue weighted by Crippen LogP contribution is -2.46. The highest BCUT2D eigenvalue weighted by Crippen LogP contribution is 2.27. The minimum absolute atomic E-state index is 0.0826. The summed E-state index contributed by atoms with van der Waals surface area (Å²) in [5, 5.41) is 5.31. The molecule has 0 spiro atoms. The molecule has 2 aromatic carbocycles. The van der Waals surface area contributed by atoms with Crippen LogP contribution in [0.15, 0.2) is 54.6 Å². The number of carbonyl (C=O) groups is 1. The Hall–Kier alpha value is -2.30. The zero-order chi connectivity index (χ0) is 19.7. The number of para-hydroxylation sites is 1. The molecule has 1 N–H and O–H groups in total. The zero-order valence-corrected chi connectivity index (χ0v) is 17.1. The van der Waals surface area contributed by atoms with E-state index in [4.69, 9.17) is 11.6 Å². The molecule has 28 heavy (non-hydrogen) atoms. The number of hydrogen-bond donors (Lipinski definition) is 1. The number of hydrogen-bond acceptors (Lipinski definition) is 2. The molecule has 2 heterocycles. The fraction of sp³-hybridized carbons (Fsp3) is 0.348. The van der Waals surface area contributed by atoms with Crippen molar-refractivity contribution in [1.29, 1.82) is 0 Å². The van der Waals surface area contributed by atoms with Gasteiger partial charge in [-0.05, 0) is 43.2 Å². The molecule has 1 aliphatic heterocycles. The van der Waals surface area contributed by atoms with Crippen LogP contribution in [0.25, 0.3) is 16.6 Å². The Morgan fingerprint density at radius 3 is 2.54 bits per heavy atom. The van der Waals surface area contributed by atoms with Crippen molar-refractivity contribution in [2.45, 2.75) is 38.8 Å². The highest BCUT2D eigenvalue weighted by atomic mass is 35.5.